The van der Waals surface area contributed by atoms with E-state index in [4.69, 9.17) is 4.74 Å². The Hall–Kier alpha value is -2.20. The number of hydrogen-bond donors (Lipinski definition) is 1. The summed E-state index contributed by atoms with van der Waals surface area (Å²) in [6.07, 6.45) is 1.69. The lowest BCUT2D eigenvalue weighted by atomic mass is 10.2. The number of ether oxygens (including phenoxy) is 1. The van der Waals surface area contributed by atoms with Crippen LogP contribution in [0.3, 0.4) is 0 Å². The minimum Gasteiger partial charge on any atom is -0.490 e. The lowest BCUT2D eigenvalue weighted by molar-refractivity contribution is -0.115. The van der Waals surface area contributed by atoms with Gasteiger partial charge >= 0.3 is 0 Å². The van der Waals surface area contributed by atoms with Gasteiger partial charge < -0.3 is 10.1 Å². The minimum absolute atomic E-state index is 0.0182. The molecule has 120 valence electrons. The van der Waals surface area contributed by atoms with Gasteiger partial charge in [0.2, 0.25) is 5.91 Å². The van der Waals surface area contributed by atoms with Crippen molar-refractivity contribution in [2.75, 3.05) is 11.9 Å². The van der Waals surface area contributed by atoms with E-state index in [0.717, 1.165) is 16.3 Å². The van der Waals surface area contributed by atoms with Gasteiger partial charge in [0.05, 0.1) is 5.25 Å². The molecule has 3 nitrogen and oxygen atoms in total. The Bertz CT molecular complexity index is 650. The highest BCUT2D eigenvalue weighted by molar-refractivity contribution is 8.00. The number of hydrogen-bond acceptors (Lipinski definition) is 3. The van der Waals surface area contributed by atoms with Crippen molar-refractivity contribution >= 4 is 23.4 Å². The molecule has 1 amide bonds. The summed E-state index contributed by atoms with van der Waals surface area (Å²) in [5.41, 5.74) is 1.97. The molecule has 2 rings (SSSR count). The first-order valence-corrected chi connectivity index (χ1v) is 8.34. The first-order chi connectivity index (χ1) is 11.1. The van der Waals surface area contributed by atoms with Crippen molar-refractivity contribution in [2.45, 2.75) is 24.0 Å². The molecule has 0 radical (unpaired) electrons. The van der Waals surface area contributed by atoms with Gasteiger partial charge in [0, 0.05) is 10.6 Å². The number of aryl methyl sites for hydroxylation is 1. The Labute approximate surface area is 141 Å². The number of carbonyl (C=O) groups is 1. The van der Waals surface area contributed by atoms with Gasteiger partial charge in [-0.2, -0.15) is 0 Å². The number of rotatable bonds is 7. The Morgan fingerprint density at radius 3 is 2.48 bits per heavy atom. The molecule has 0 aliphatic rings. The highest BCUT2D eigenvalue weighted by Gasteiger charge is 2.14. The fourth-order valence-corrected chi connectivity index (χ4v) is 2.78. The minimum atomic E-state index is -0.172. The lowest BCUT2D eigenvalue weighted by Gasteiger charge is -2.12. The second-order valence-corrected chi connectivity index (χ2v) is 6.60. The molecule has 0 spiro atoms. The molecule has 0 bridgehead atoms. The van der Waals surface area contributed by atoms with Crippen LogP contribution in [0.25, 0.3) is 0 Å². The van der Waals surface area contributed by atoms with Crippen LogP contribution in [-0.4, -0.2) is 17.8 Å². The summed E-state index contributed by atoms with van der Waals surface area (Å²) in [5, 5.41) is 2.75. The van der Waals surface area contributed by atoms with Gasteiger partial charge in [-0.15, -0.1) is 11.8 Å². The summed E-state index contributed by atoms with van der Waals surface area (Å²) in [4.78, 5) is 13.4. The van der Waals surface area contributed by atoms with E-state index in [1.165, 1.54) is 5.56 Å². The van der Waals surface area contributed by atoms with E-state index in [2.05, 4.69) is 24.0 Å². The number of anilines is 1. The van der Waals surface area contributed by atoms with Gasteiger partial charge in [0.25, 0.3) is 0 Å². The Kier molecular flexibility index (Phi) is 6.29. The van der Waals surface area contributed by atoms with Crippen LogP contribution in [0.4, 0.5) is 5.69 Å². The SMILES string of the molecule is C=CCOc1ccc(NC(=O)C(C)Sc2ccc(C)cc2)cc1. The summed E-state index contributed by atoms with van der Waals surface area (Å²) >= 11 is 1.55. The van der Waals surface area contributed by atoms with Crippen molar-refractivity contribution in [1.29, 1.82) is 0 Å². The normalized spacial score (nSPS) is 11.6. The highest BCUT2D eigenvalue weighted by atomic mass is 32.2. The zero-order valence-corrected chi connectivity index (χ0v) is 14.2. The van der Waals surface area contributed by atoms with E-state index in [-0.39, 0.29) is 11.2 Å². The van der Waals surface area contributed by atoms with Crippen LogP contribution in [0, 0.1) is 6.92 Å². The first kappa shape index (κ1) is 17.2. The average Bonchev–Trinajstić information content (AvgIpc) is 2.56. The van der Waals surface area contributed by atoms with Crippen molar-refractivity contribution in [2.24, 2.45) is 0 Å². The number of amides is 1. The number of carbonyl (C=O) groups excluding carboxylic acids is 1. The van der Waals surface area contributed by atoms with Gasteiger partial charge in [-0.3, -0.25) is 4.79 Å². The largest absolute Gasteiger partial charge is 0.490 e. The molecule has 0 aliphatic carbocycles. The maximum Gasteiger partial charge on any atom is 0.237 e. The summed E-state index contributed by atoms with van der Waals surface area (Å²) in [6, 6.07) is 15.5. The quantitative estimate of drug-likeness (QED) is 0.593. The molecule has 0 aromatic heterocycles. The lowest BCUT2D eigenvalue weighted by Crippen LogP contribution is -2.22. The van der Waals surface area contributed by atoms with Crippen molar-refractivity contribution in [3.63, 3.8) is 0 Å². The molecule has 4 heteroatoms. The third-order valence-electron chi connectivity index (χ3n) is 3.19. The molecule has 0 aliphatic heterocycles. The zero-order chi connectivity index (χ0) is 16.7. The van der Waals surface area contributed by atoms with Crippen LogP contribution < -0.4 is 10.1 Å². The third kappa shape index (κ3) is 5.49. The Balaban J connectivity index is 1.89. The molecule has 0 fully saturated rings. The Morgan fingerprint density at radius 2 is 1.87 bits per heavy atom. The van der Waals surface area contributed by atoms with Crippen molar-refractivity contribution < 1.29 is 9.53 Å². The number of nitrogens with one attached hydrogen (secondary N) is 1. The fourth-order valence-electron chi connectivity index (χ4n) is 1.91. The predicted octanol–water partition coefficient (Wildman–Crippen LogP) is 4.68. The van der Waals surface area contributed by atoms with Gasteiger partial charge in [-0.05, 0) is 50.2 Å². The van der Waals surface area contributed by atoms with E-state index in [0.29, 0.717) is 6.61 Å². The molecule has 0 heterocycles. The summed E-state index contributed by atoms with van der Waals surface area (Å²) in [5.74, 6) is 0.736. The van der Waals surface area contributed by atoms with E-state index in [1.54, 1.807) is 17.8 Å². The topological polar surface area (TPSA) is 38.3 Å². The number of thioether (sulfide) groups is 1. The second-order valence-electron chi connectivity index (χ2n) is 5.19. The highest BCUT2D eigenvalue weighted by Crippen LogP contribution is 2.25. The summed E-state index contributed by atoms with van der Waals surface area (Å²) < 4.78 is 5.42. The van der Waals surface area contributed by atoms with Crippen LogP contribution in [0.2, 0.25) is 0 Å². The van der Waals surface area contributed by atoms with Crippen LogP contribution in [0.5, 0.6) is 5.75 Å². The second kappa shape index (κ2) is 8.44. The third-order valence-corrected chi connectivity index (χ3v) is 4.30. The first-order valence-electron chi connectivity index (χ1n) is 7.46. The van der Waals surface area contributed by atoms with Gasteiger partial charge in [0.1, 0.15) is 12.4 Å². The van der Waals surface area contributed by atoms with Crippen molar-refractivity contribution in [1.82, 2.24) is 0 Å². The molecular formula is C19H21NO2S. The molecule has 2 aromatic rings. The van der Waals surface area contributed by atoms with Crippen LogP contribution in [0.15, 0.2) is 66.1 Å². The predicted molar refractivity (Wildman–Crippen MR) is 97.3 cm³/mol. The molecule has 1 unspecified atom stereocenters. The molecule has 0 saturated heterocycles. The standard InChI is InChI=1S/C19H21NO2S/c1-4-13-22-17-9-7-16(8-10-17)20-19(21)15(3)23-18-11-5-14(2)6-12-18/h4-12,15H,1,13H2,2-3H3,(H,20,21). The number of benzene rings is 2. The fraction of sp³-hybridized carbons (Fsp3) is 0.211. The molecule has 0 saturated carbocycles. The average molecular weight is 327 g/mol. The van der Waals surface area contributed by atoms with Crippen molar-refractivity contribution in [3.05, 3.63) is 66.7 Å². The van der Waals surface area contributed by atoms with E-state index < -0.39 is 0 Å². The van der Waals surface area contributed by atoms with Gasteiger partial charge in [-0.1, -0.05) is 30.4 Å². The molecule has 23 heavy (non-hydrogen) atoms. The smallest absolute Gasteiger partial charge is 0.237 e. The Morgan fingerprint density at radius 1 is 1.22 bits per heavy atom. The van der Waals surface area contributed by atoms with E-state index in [9.17, 15) is 4.79 Å². The van der Waals surface area contributed by atoms with Crippen LogP contribution >= 0.6 is 11.8 Å². The van der Waals surface area contributed by atoms with E-state index in [1.807, 2.05) is 50.2 Å². The monoisotopic (exact) mass is 327 g/mol. The zero-order valence-electron chi connectivity index (χ0n) is 13.4. The van der Waals surface area contributed by atoms with Crippen molar-refractivity contribution in [3.8, 4) is 5.75 Å². The van der Waals surface area contributed by atoms with Crippen LogP contribution in [0.1, 0.15) is 12.5 Å². The molecule has 2 aromatic carbocycles. The summed E-state index contributed by atoms with van der Waals surface area (Å²) in [7, 11) is 0. The van der Waals surface area contributed by atoms with Gasteiger partial charge in [0.15, 0.2) is 0 Å². The van der Waals surface area contributed by atoms with Crippen LogP contribution in [-0.2, 0) is 4.79 Å². The molecule has 1 N–H and O–H groups in total. The summed E-state index contributed by atoms with van der Waals surface area (Å²) in [6.45, 7) is 8.03. The maximum absolute atomic E-state index is 12.3. The van der Waals surface area contributed by atoms with Gasteiger partial charge in [-0.25, -0.2) is 0 Å². The molecule has 1 atom stereocenters. The molecular weight excluding hydrogens is 306 g/mol. The maximum atomic E-state index is 12.3. The van der Waals surface area contributed by atoms with E-state index >= 15 is 0 Å².